The highest BCUT2D eigenvalue weighted by molar-refractivity contribution is 9.10. The third-order valence-corrected chi connectivity index (χ3v) is 5.47. The Morgan fingerprint density at radius 1 is 1.19 bits per heavy atom. The van der Waals surface area contributed by atoms with Gasteiger partial charge in [-0.2, -0.15) is 0 Å². The van der Waals surface area contributed by atoms with Gasteiger partial charge in [0.15, 0.2) is 6.61 Å². The van der Waals surface area contributed by atoms with Gasteiger partial charge in [0.25, 0.3) is 11.5 Å². The van der Waals surface area contributed by atoms with Crippen LogP contribution in [0.3, 0.4) is 0 Å². The number of fused-ring (bicyclic) bond motifs is 1. The number of aryl methyl sites for hydroxylation is 2. The minimum atomic E-state index is -0.559. The molecular weight excluding hydrogens is 462 g/mol. The van der Waals surface area contributed by atoms with Gasteiger partial charge in [-0.05, 0) is 42.7 Å². The highest BCUT2D eigenvalue weighted by Gasteiger charge is 2.13. The lowest BCUT2D eigenvalue weighted by Crippen LogP contribution is -2.31. The summed E-state index contributed by atoms with van der Waals surface area (Å²) in [5.74, 6) is -0.939. The number of carbonyl (C=O) groups excluding carboxylic acids is 2. The molecule has 0 radical (unpaired) electrons. The van der Waals surface area contributed by atoms with E-state index in [1.54, 1.807) is 12.1 Å². The quantitative estimate of drug-likeness (QED) is 0.492. The Balaban J connectivity index is 1.48. The minimum absolute atomic E-state index is 0.0393. The summed E-state index contributed by atoms with van der Waals surface area (Å²) in [6.45, 7) is 3.71. The summed E-state index contributed by atoms with van der Waals surface area (Å²) in [6, 6.07) is 13.1. The van der Waals surface area contributed by atoms with Crippen molar-refractivity contribution < 1.29 is 14.3 Å². The summed E-state index contributed by atoms with van der Waals surface area (Å²) in [4.78, 5) is 40.9. The summed E-state index contributed by atoms with van der Waals surface area (Å²) in [6.07, 6.45) is 2.32. The number of benzene rings is 2. The summed E-state index contributed by atoms with van der Waals surface area (Å²) in [7, 11) is 0. The summed E-state index contributed by atoms with van der Waals surface area (Å²) >= 11 is 3.34. The molecule has 162 valence electrons. The van der Waals surface area contributed by atoms with Crippen LogP contribution in [0.15, 0.2) is 58.1 Å². The smallest absolute Gasteiger partial charge is 0.308 e. The molecule has 0 aliphatic carbocycles. The van der Waals surface area contributed by atoms with Gasteiger partial charge in [0.05, 0.1) is 29.7 Å². The molecule has 2 aromatic carbocycles. The molecule has 0 bridgehead atoms. The molecule has 1 unspecified atom stereocenters. The van der Waals surface area contributed by atoms with E-state index in [0.717, 1.165) is 16.5 Å². The van der Waals surface area contributed by atoms with Crippen molar-refractivity contribution in [2.45, 2.75) is 39.3 Å². The third kappa shape index (κ3) is 6.01. The molecule has 7 nitrogen and oxygen atoms in total. The van der Waals surface area contributed by atoms with E-state index in [0.29, 0.717) is 10.9 Å². The predicted molar refractivity (Wildman–Crippen MR) is 122 cm³/mol. The highest BCUT2D eigenvalue weighted by atomic mass is 79.9. The Bertz CT molecular complexity index is 1140. The van der Waals surface area contributed by atoms with Crippen LogP contribution in [-0.2, 0) is 27.3 Å². The first-order valence-electron chi connectivity index (χ1n) is 10.1. The number of rotatable bonds is 8. The maximum atomic E-state index is 12.5. The van der Waals surface area contributed by atoms with E-state index in [2.05, 4.69) is 33.2 Å². The maximum absolute atomic E-state index is 12.5. The van der Waals surface area contributed by atoms with Crippen molar-refractivity contribution in [3.8, 4) is 0 Å². The van der Waals surface area contributed by atoms with E-state index in [-0.39, 0.29) is 37.1 Å². The SMILES string of the molecule is CCc1ccc(C(C)NC(=O)COC(=O)CCn2cnc3ccc(Br)cc3c2=O)cc1. The Labute approximate surface area is 188 Å². The second kappa shape index (κ2) is 10.3. The summed E-state index contributed by atoms with van der Waals surface area (Å²) in [5, 5.41) is 3.28. The minimum Gasteiger partial charge on any atom is -0.456 e. The van der Waals surface area contributed by atoms with E-state index in [1.807, 2.05) is 37.3 Å². The fraction of sp³-hybridized carbons (Fsp3) is 0.304. The zero-order valence-corrected chi connectivity index (χ0v) is 19.0. The van der Waals surface area contributed by atoms with Crippen LogP contribution in [0.4, 0.5) is 0 Å². The fourth-order valence-corrected chi connectivity index (χ4v) is 3.49. The molecule has 0 aliphatic rings. The average molecular weight is 486 g/mol. The molecule has 1 heterocycles. The molecule has 1 N–H and O–H groups in total. The first-order valence-corrected chi connectivity index (χ1v) is 10.8. The number of halogens is 1. The van der Waals surface area contributed by atoms with Crippen LogP contribution in [0.25, 0.3) is 10.9 Å². The largest absolute Gasteiger partial charge is 0.456 e. The Hall–Kier alpha value is -3.00. The van der Waals surface area contributed by atoms with Gasteiger partial charge in [-0.15, -0.1) is 0 Å². The molecule has 1 atom stereocenters. The number of aromatic nitrogens is 2. The summed E-state index contributed by atoms with van der Waals surface area (Å²) in [5.41, 5.74) is 2.55. The maximum Gasteiger partial charge on any atom is 0.308 e. The second-order valence-electron chi connectivity index (χ2n) is 7.20. The monoisotopic (exact) mass is 485 g/mol. The number of carbonyl (C=O) groups is 2. The van der Waals surface area contributed by atoms with Gasteiger partial charge in [-0.25, -0.2) is 4.98 Å². The van der Waals surface area contributed by atoms with Gasteiger partial charge in [0, 0.05) is 11.0 Å². The first-order chi connectivity index (χ1) is 14.9. The molecule has 31 heavy (non-hydrogen) atoms. The van der Waals surface area contributed by atoms with Gasteiger partial charge in [0.2, 0.25) is 0 Å². The van der Waals surface area contributed by atoms with Crippen molar-refractivity contribution in [3.63, 3.8) is 0 Å². The average Bonchev–Trinajstić information content (AvgIpc) is 2.77. The number of esters is 1. The number of nitrogens with one attached hydrogen (secondary N) is 1. The second-order valence-corrected chi connectivity index (χ2v) is 8.12. The molecule has 1 aromatic heterocycles. The molecule has 0 saturated heterocycles. The van der Waals surface area contributed by atoms with Gasteiger partial charge >= 0.3 is 5.97 Å². The molecule has 8 heteroatoms. The van der Waals surface area contributed by atoms with Gasteiger partial charge in [-0.1, -0.05) is 47.1 Å². The Kier molecular flexibility index (Phi) is 7.57. The third-order valence-electron chi connectivity index (χ3n) is 4.97. The van der Waals surface area contributed by atoms with Crippen LogP contribution in [0, 0.1) is 0 Å². The molecular formula is C23H24BrN3O4. The number of hydrogen-bond acceptors (Lipinski definition) is 5. The number of nitrogens with zero attached hydrogens (tertiary/aromatic N) is 2. The van der Waals surface area contributed by atoms with E-state index in [9.17, 15) is 14.4 Å². The van der Waals surface area contributed by atoms with Crippen molar-refractivity contribution in [3.05, 3.63) is 74.7 Å². The van der Waals surface area contributed by atoms with E-state index in [4.69, 9.17) is 4.74 Å². The number of amides is 1. The van der Waals surface area contributed by atoms with Crippen LogP contribution in [-0.4, -0.2) is 28.0 Å². The lowest BCUT2D eigenvalue weighted by Gasteiger charge is -2.15. The fourth-order valence-electron chi connectivity index (χ4n) is 3.13. The Morgan fingerprint density at radius 3 is 2.65 bits per heavy atom. The normalized spacial score (nSPS) is 11.8. The van der Waals surface area contributed by atoms with Crippen LogP contribution in [0.1, 0.15) is 37.4 Å². The molecule has 0 saturated carbocycles. The molecule has 1 amide bonds. The van der Waals surface area contributed by atoms with Crippen LogP contribution >= 0.6 is 15.9 Å². The topological polar surface area (TPSA) is 90.3 Å². The number of hydrogen-bond donors (Lipinski definition) is 1. The van der Waals surface area contributed by atoms with Crippen LogP contribution in [0.5, 0.6) is 0 Å². The molecule has 3 aromatic rings. The Morgan fingerprint density at radius 2 is 1.94 bits per heavy atom. The molecule has 0 spiro atoms. The van der Waals surface area contributed by atoms with E-state index in [1.165, 1.54) is 16.5 Å². The van der Waals surface area contributed by atoms with Crippen molar-refractivity contribution >= 4 is 38.7 Å². The van der Waals surface area contributed by atoms with Crippen LogP contribution in [0.2, 0.25) is 0 Å². The van der Waals surface area contributed by atoms with Gasteiger partial charge in [0.1, 0.15) is 0 Å². The molecule has 3 rings (SSSR count). The van der Waals surface area contributed by atoms with E-state index >= 15 is 0 Å². The van der Waals surface area contributed by atoms with Gasteiger partial charge < -0.3 is 10.1 Å². The van der Waals surface area contributed by atoms with Gasteiger partial charge in [-0.3, -0.25) is 19.0 Å². The zero-order valence-electron chi connectivity index (χ0n) is 17.4. The summed E-state index contributed by atoms with van der Waals surface area (Å²) < 4.78 is 7.19. The van der Waals surface area contributed by atoms with Crippen molar-refractivity contribution in [2.75, 3.05) is 6.61 Å². The first kappa shape index (κ1) is 22.7. The predicted octanol–water partition coefficient (Wildman–Crippen LogP) is 3.53. The van der Waals surface area contributed by atoms with Crippen molar-refractivity contribution in [1.29, 1.82) is 0 Å². The van der Waals surface area contributed by atoms with E-state index < -0.39 is 5.97 Å². The van der Waals surface area contributed by atoms with Crippen molar-refractivity contribution in [1.82, 2.24) is 14.9 Å². The molecule has 0 fully saturated rings. The standard InChI is InChI=1S/C23H24BrN3O4/c1-3-16-4-6-17(7-5-16)15(2)26-21(28)13-31-22(29)10-11-27-14-25-20-9-8-18(24)12-19(20)23(27)30/h4-9,12,14-15H,3,10-11,13H2,1-2H3,(H,26,28). The number of ether oxygens (including phenoxy) is 1. The van der Waals surface area contributed by atoms with Crippen LogP contribution < -0.4 is 10.9 Å². The molecule has 0 aliphatic heterocycles. The highest BCUT2D eigenvalue weighted by Crippen LogP contribution is 2.15. The van der Waals surface area contributed by atoms with Crippen molar-refractivity contribution in [2.24, 2.45) is 0 Å². The lowest BCUT2D eigenvalue weighted by molar-refractivity contribution is -0.148. The lowest BCUT2D eigenvalue weighted by atomic mass is 10.1. The zero-order chi connectivity index (χ0) is 22.4.